The maximum absolute atomic E-state index is 13.6. The lowest BCUT2D eigenvalue weighted by molar-refractivity contribution is 0.0902. The van der Waals surface area contributed by atoms with Crippen LogP contribution in [-0.4, -0.2) is 36.9 Å². The van der Waals surface area contributed by atoms with Crippen molar-refractivity contribution in [2.24, 2.45) is 0 Å². The number of methoxy groups -OCH3 is 3. The lowest BCUT2D eigenvalue weighted by Gasteiger charge is -2.22. The second kappa shape index (κ2) is 9.28. The minimum absolute atomic E-state index is 0.00774. The number of aromatic hydroxyl groups is 1. The van der Waals surface area contributed by atoms with Crippen molar-refractivity contribution in [1.29, 1.82) is 0 Å². The number of carbonyl (C=O) groups is 1. The van der Waals surface area contributed by atoms with E-state index in [4.69, 9.17) is 14.2 Å². The fourth-order valence-electron chi connectivity index (χ4n) is 4.28. The van der Waals surface area contributed by atoms with Gasteiger partial charge in [0.1, 0.15) is 23.0 Å². The van der Waals surface area contributed by atoms with Gasteiger partial charge in [0, 0.05) is 41.6 Å². The van der Waals surface area contributed by atoms with Gasteiger partial charge in [0.25, 0.3) is 0 Å². The molecule has 0 aliphatic heterocycles. The zero-order valence-electron chi connectivity index (χ0n) is 19.2. The molecule has 1 heterocycles. The summed E-state index contributed by atoms with van der Waals surface area (Å²) in [5, 5.41) is 12.0. The van der Waals surface area contributed by atoms with Gasteiger partial charge < -0.3 is 19.3 Å². The molecule has 1 atom stereocenters. The van der Waals surface area contributed by atoms with Gasteiger partial charge in [-0.1, -0.05) is 30.3 Å². The van der Waals surface area contributed by atoms with Gasteiger partial charge in [-0.3, -0.25) is 9.36 Å². The fourth-order valence-corrected chi connectivity index (χ4v) is 4.28. The summed E-state index contributed by atoms with van der Waals surface area (Å²) >= 11 is 0. The number of hydrogen-bond acceptors (Lipinski definition) is 5. The summed E-state index contributed by atoms with van der Waals surface area (Å²) < 4.78 is 17.9. The molecular formula is C27H27NO5. The molecule has 0 amide bonds. The zero-order valence-corrected chi connectivity index (χ0v) is 19.2. The predicted octanol–water partition coefficient (Wildman–Crippen LogP) is 5.54. The molecule has 6 heteroatoms. The summed E-state index contributed by atoms with van der Waals surface area (Å²) in [5.74, 6) is 1.10. The fraction of sp³-hybridized carbons (Fsp3) is 0.222. The van der Waals surface area contributed by atoms with Crippen molar-refractivity contribution >= 4 is 16.8 Å². The lowest BCUT2D eigenvalue weighted by Crippen LogP contribution is -2.16. The number of nitrogens with zero attached hydrogens (tertiary/aromatic N) is 1. The van der Waals surface area contributed by atoms with Gasteiger partial charge >= 0.3 is 0 Å². The predicted molar refractivity (Wildman–Crippen MR) is 128 cm³/mol. The van der Waals surface area contributed by atoms with E-state index >= 15 is 0 Å². The first-order valence-corrected chi connectivity index (χ1v) is 10.7. The number of rotatable bonds is 7. The van der Waals surface area contributed by atoms with Crippen LogP contribution < -0.4 is 14.2 Å². The molecule has 0 saturated carbocycles. The molecule has 0 radical (unpaired) electrons. The Balaban J connectivity index is 1.82. The van der Waals surface area contributed by atoms with Crippen LogP contribution in [0, 0.1) is 6.92 Å². The van der Waals surface area contributed by atoms with Crippen molar-refractivity contribution < 1.29 is 24.1 Å². The molecule has 1 N–H and O–H groups in total. The van der Waals surface area contributed by atoms with E-state index in [1.165, 1.54) is 20.3 Å². The average molecular weight is 446 g/mol. The summed E-state index contributed by atoms with van der Waals surface area (Å²) in [4.78, 5) is 13.6. The summed E-state index contributed by atoms with van der Waals surface area (Å²) in [6.45, 7) is 1.99. The molecule has 33 heavy (non-hydrogen) atoms. The minimum Gasteiger partial charge on any atom is -0.507 e. The van der Waals surface area contributed by atoms with Crippen molar-refractivity contribution in [2.75, 3.05) is 21.3 Å². The van der Waals surface area contributed by atoms with Crippen molar-refractivity contribution in [2.45, 2.75) is 19.3 Å². The largest absolute Gasteiger partial charge is 0.507 e. The number of benzene rings is 3. The Hall–Kier alpha value is -3.93. The van der Waals surface area contributed by atoms with E-state index in [-0.39, 0.29) is 18.1 Å². The number of para-hydroxylation sites is 1. The number of phenolic OH excluding ortho intramolecular Hbond substituents is 1. The van der Waals surface area contributed by atoms with E-state index in [1.54, 1.807) is 17.7 Å². The number of hydrogen-bond donors (Lipinski definition) is 1. The normalized spacial score (nSPS) is 11.9. The zero-order chi connectivity index (χ0) is 23.5. The first kappa shape index (κ1) is 22.3. The number of phenols is 1. The molecule has 3 aromatic carbocycles. The van der Waals surface area contributed by atoms with Crippen LogP contribution >= 0.6 is 0 Å². The van der Waals surface area contributed by atoms with Crippen LogP contribution in [-0.2, 0) is 0 Å². The molecule has 4 rings (SSSR count). The quantitative estimate of drug-likeness (QED) is 0.404. The van der Waals surface area contributed by atoms with E-state index in [0.717, 1.165) is 22.0 Å². The SMILES string of the molecule is COc1ccc(C(CC(=O)n2cc(C)c3ccccc32)c2c(O)cc(OC)cc2OC)cc1. The molecule has 0 aliphatic carbocycles. The Kier molecular flexibility index (Phi) is 6.27. The summed E-state index contributed by atoms with van der Waals surface area (Å²) in [6.07, 6.45) is 1.99. The standard InChI is InChI=1S/C27H27NO5/c1-17-16-28(23-8-6-5-7-21(17)23)26(30)15-22(18-9-11-19(31-2)12-10-18)27-24(29)13-20(32-3)14-25(27)33-4/h5-14,16,22,29H,15H2,1-4H3. The van der Waals surface area contributed by atoms with Gasteiger partial charge in [0.05, 0.1) is 26.8 Å². The molecule has 0 bridgehead atoms. The molecule has 0 fully saturated rings. The van der Waals surface area contributed by atoms with E-state index in [1.807, 2.05) is 61.7 Å². The van der Waals surface area contributed by atoms with Gasteiger partial charge in [0.2, 0.25) is 5.91 Å². The Morgan fingerprint density at radius 2 is 1.64 bits per heavy atom. The molecule has 0 spiro atoms. The van der Waals surface area contributed by atoms with E-state index in [9.17, 15) is 9.90 Å². The van der Waals surface area contributed by atoms with Gasteiger partial charge in [-0.15, -0.1) is 0 Å². The number of aryl methyl sites for hydroxylation is 1. The molecule has 6 nitrogen and oxygen atoms in total. The molecule has 0 aliphatic rings. The van der Waals surface area contributed by atoms with E-state index in [2.05, 4.69) is 0 Å². The van der Waals surface area contributed by atoms with Crippen molar-refractivity contribution in [3.63, 3.8) is 0 Å². The Bertz CT molecular complexity index is 1290. The smallest absolute Gasteiger partial charge is 0.232 e. The second-order valence-electron chi connectivity index (χ2n) is 7.89. The van der Waals surface area contributed by atoms with Crippen LogP contribution in [0.3, 0.4) is 0 Å². The Labute approximate surface area is 192 Å². The maximum Gasteiger partial charge on any atom is 0.232 e. The first-order valence-electron chi connectivity index (χ1n) is 10.7. The van der Waals surface area contributed by atoms with E-state index in [0.29, 0.717) is 22.8 Å². The Morgan fingerprint density at radius 1 is 0.939 bits per heavy atom. The Morgan fingerprint density at radius 3 is 2.30 bits per heavy atom. The average Bonchev–Trinajstić information content (AvgIpc) is 3.19. The third kappa shape index (κ3) is 4.24. The highest BCUT2D eigenvalue weighted by Gasteiger charge is 2.27. The molecular weight excluding hydrogens is 418 g/mol. The summed E-state index contributed by atoms with van der Waals surface area (Å²) in [5.41, 5.74) is 3.28. The summed E-state index contributed by atoms with van der Waals surface area (Å²) in [6, 6.07) is 18.6. The number of fused-ring (bicyclic) bond motifs is 1. The van der Waals surface area contributed by atoms with Crippen LogP contribution in [0.15, 0.2) is 66.9 Å². The molecule has 1 aromatic heterocycles. The first-order chi connectivity index (χ1) is 16.0. The molecule has 1 unspecified atom stereocenters. The van der Waals surface area contributed by atoms with Crippen molar-refractivity contribution in [1.82, 2.24) is 4.57 Å². The number of aromatic nitrogens is 1. The second-order valence-corrected chi connectivity index (χ2v) is 7.89. The number of ether oxygens (including phenoxy) is 3. The maximum atomic E-state index is 13.6. The highest BCUT2D eigenvalue weighted by atomic mass is 16.5. The lowest BCUT2D eigenvalue weighted by atomic mass is 9.86. The molecule has 4 aromatic rings. The monoisotopic (exact) mass is 445 g/mol. The van der Waals surface area contributed by atoms with Crippen LogP contribution in [0.5, 0.6) is 23.0 Å². The van der Waals surface area contributed by atoms with Crippen LogP contribution in [0.25, 0.3) is 10.9 Å². The minimum atomic E-state index is -0.453. The summed E-state index contributed by atoms with van der Waals surface area (Å²) in [7, 11) is 4.67. The van der Waals surface area contributed by atoms with Crippen LogP contribution in [0.4, 0.5) is 0 Å². The third-order valence-electron chi connectivity index (χ3n) is 5.97. The van der Waals surface area contributed by atoms with Gasteiger partial charge in [-0.05, 0) is 36.2 Å². The van der Waals surface area contributed by atoms with Gasteiger partial charge in [-0.25, -0.2) is 0 Å². The van der Waals surface area contributed by atoms with Crippen molar-refractivity contribution in [3.05, 3.63) is 83.6 Å². The highest BCUT2D eigenvalue weighted by Crippen LogP contribution is 2.43. The number of carbonyl (C=O) groups excluding carboxylic acids is 1. The van der Waals surface area contributed by atoms with Crippen LogP contribution in [0.2, 0.25) is 0 Å². The molecule has 0 saturated heterocycles. The topological polar surface area (TPSA) is 69.9 Å². The van der Waals surface area contributed by atoms with Gasteiger partial charge in [0.15, 0.2) is 0 Å². The van der Waals surface area contributed by atoms with Crippen LogP contribution in [0.1, 0.15) is 33.8 Å². The third-order valence-corrected chi connectivity index (χ3v) is 5.97. The highest BCUT2D eigenvalue weighted by molar-refractivity contribution is 5.94. The van der Waals surface area contributed by atoms with E-state index < -0.39 is 5.92 Å². The molecule has 170 valence electrons. The van der Waals surface area contributed by atoms with Gasteiger partial charge in [-0.2, -0.15) is 0 Å². The van der Waals surface area contributed by atoms with Crippen molar-refractivity contribution in [3.8, 4) is 23.0 Å².